The first-order valence-corrected chi connectivity index (χ1v) is 4.41. The second-order valence-corrected chi connectivity index (χ2v) is 2.62. The Bertz CT molecular complexity index is 329. The minimum absolute atomic E-state index is 0.00694. The molecule has 0 spiro atoms. The predicted molar refractivity (Wildman–Crippen MR) is 57.0 cm³/mol. The van der Waals surface area contributed by atoms with Crippen LogP contribution in [-0.4, -0.2) is 29.2 Å². The number of primary amides is 1. The zero-order valence-electron chi connectivity index (χ0n) is 8.50. The molecular weight excluding hydrogens is 214 g/mol. The van der Waals surface area contributed by atoms with Crippen molar-refractivity contribution < 1.29 is 14.9 Å². The molecule has 16 heavy (non-hydrogen) atoms. The van der Waals surface area contributed by atoms with Crippen LogP contribution in [0.2, 0.25) is 0 Å². The van der Waals surface area contributed by atoms with Crippen molar-refractivity contribution in [2.75, 3.05) is 13.2 Å². The summed E-state index contributed by atoms with van der Waals surface area (Å²) in [5.74, 6) is -0.379. The monoisotopic (exact) mass is 227 g/mol. The van der Waals surface area contributed by atoms with E-state index in [1.54, 1.807) is 29.7 Å². The van der Waals surface area contributed by atoms with E-state index in [0.717, 1.165) is 0 Å². The number of carbonyl (C=O) groups excluding carboxylic acids is 1. The summed E-state index contributed by atoms with van der Waals surface area (Å²) in [5, 5.41) is 16.6. The van der Waals surface area contributed by atoms with Crippen LogP contribution in [0.3, 0.4) is 0 Å². The zero-order chi connectivity index (χ0) is 12.4. The van der Waals surface area contributed by atoms with Crippen LogP contribution in [0.15, 0.2) is 30.3 Å². The third kappa shape index (κ3) is 7.27. The molecule has 7 heteroatoms. The summed E-state index contributed by atoms with van der Waals surface area (Å²) in [6.07, 6.45) is 0. The highest BCUT2D eigenvalue weighted by molar-refractivity contribution is 5.92. The maximum atomic E-state index is 10.4. The van der Waals surface area contributed by atoms with Crippen molar-refractivity contribution in [1.29, 1.82) is 0 Å². The quantitative estimate of drug-likeness (QED) is 0.475. The van der Waals surface area contributed by atoms with E-state index in [1.165, 1.54) is 0 Å². The average molecular weight is 227 g/mol. The summed E-state index contributed by atoms with van der Waals surface area (Å²) < 4.78 is 0. The second kappa shape index (κ2) is 8.18. The molecule has 0 aliphatic heterocycles. The van der Waals surface area contributed by atoms with Gasteiger partial charge in [0, 0.05) is 5.56 Å². The smallest absolute Gasteiger partial charge is 0.248 e. The molecular formula is C9H13N3O4. The average Bonchev–Trinajstić information content (AvgIpc) is 2.28. The van der Waals surface area contributed by atoms with Gasteiger partial charge in [0.25, 0.3) is 0 Å². The topological polar surface area (TPSA) is 118 Å². The number of nitro groups is 1. The van der Waals surface area contributed by atoms with Crippen LogP contribution < -0.4 is 11.2 Å². The van der Waals surface area contributed by atoms with Gasteiger partial charge in [-0.2, -0.15) is 0 Å². The molecule has 0 heterocycles. The van der Waals surface area contributed by atoms with Gasteiger partial charge in [-0.1, -0.05) is 18.2 Å². The number of aliphatic hydroxyl groups excluding tert-OH is 1. The van der Waals surface area contributed by atoms with E-state index < -0.39 is 5.03 Å². The minimum atomic E-state index is -0.698. The van der Waals surface area contributed by atoms with Crippen molar-refractivity contribution in [1.82, 2.24) is 5.43 Å². The molecule has 0 atom stereocenters. The van der Waals surface area contributed by atoms with E-state index in [2.05, 4.69) is 0 Å². The van der Waals surface area contributed by atoms with E-state index in [0.29, 0.717) is 5.56 Å². The molecule has 0 aliphatic carbocycles. The Balaban J connectivity index is 0.000000293. The van der Waals surface area contributed by atoms with Crippen molar-refractivity contribution in [3.05, 3.63) is 46.0 Å². The summed E-state index contributed by atoms with van der Waals surface area (Å²) >= 11 is 0. The molecule has 0 saturated carbocycles. The number of benzene rings is 1. The highest BCUT2D eigenvalue weighted by Gasteiger charge is 1.93. The predicted octanol–water partition coefficient (Wildman–Crippen LogP) is -0.455. The number of aliphatic hydroxyl groups is 1. The Morgan fingerprint density at radius 1 is 1.44 bits per heavy atom. The molecule has 7 nitrogen and oxygen atoms in total. The van der Waals surface area contributed by atoms with Gasteiger partial charge in [0.2, 0.25) is 5.91 Å². The van der Waals surface area contributed by atoms with Crippen LogP contribution in [0.5, 0.6) is 0 Å². The Labute approximate surface area is 92.0 Å². The SMILES string of the molecule is NC(=O)c1ccccc1.O=[N+]([O-])NCCO. The van der Waals surface area contributed by atoms with Crippen LogP contribution in [0.25, 0.3) is 0 Å². The molecule has 0 radical (unpaired) electrons. The van der Waals surface area contributed by atoms with Gasteiger partial charge in [-0.05, 0) is 12.1 Å². The first kappa shape index (κ1) is 13.8. The first-order valence-electron chi connectivity index (χ1n) is 4.41. The highest BCUT2D eigenvalue weighted by atomic mass is 16.7. The molecule has 0 unspecified atom stereocenters. The number of hydrogen-bond donors (Lipinski definition) is 3. The number of hydrogen-bond acceptors (Lipinski definition) is 4. The van der Waals surface area contributed by atoms with Gasteiger partial charge < -0.3 is 10.8 Å². The fourth-order valence-corrected chi connectivity index (χ4v) is 0.744. The van der Waals surface area contributed by atoms with Gasteiger partial charge in [-0.3, -0.25) is 4.79 Å². The number of carbonyl (C=O) groups is 1. The summed E-state index contributed by atoms with van der Waals surface area (Å²) in [5.41, 5.74) is 7.30. The van der Waals surface area contributed by atoms with Crippen LogP contribution in [0.1, 0.15) is 10.4 Å². The van der Waals surface area contributed by atoms with E-state index >= 15 is 0 Å². The summed E-state index contributed by atoms with van der Waals surface area (Å²) in [7, 11) is 0. The number of hydrazine groups is 1. The summed E-state index contributed by atoms with van der Waals surface area (Å²) in [6.45, 7) is -0.200. The van der Waals surface area contributed by atoms with Crippen molar-refractivity contribution in [3.63, 3.8) is 0 Å². The van der Waals surface area contributed by atoms with Crippen molar-refractivity contribution in [2.45, 2.75) is 0 Å². The number of nitrogens with two attached hydrogens (primary N) is 1. The van der Waals surface area contributed by atoms with Gasteiger partial charge in [-0.25, -0.2) is 10.1 Å². The van der Waals surface area contributed by atoms with Crippen molar-refractivity contribution >= 4 is 5.91 Å². The Morgan fingerprint density at radius 2 is 2.00 bits per heavy atom. The molecule has 1 aromatic rings. The molecule has 0 fully saturated rings. The third-order valence-electron chi connectivity index (χ3n) is 1.41. The normalized spacial score (nSPS) is 8.56. The van der Waals surface area contributed by atoms with Crippen LogP contribution in [-0.2, 0) is 0 Å². The minimum Gasteiger partial charge on any atom is -0.394 e. The lowest BCUT2D eigenvalue weighted by atomic mass is 10.2. The highest BCUT2D eigenvalue weighted by Crippen LogP contribution is 1.94. The molecule has 0 bridgehead atoms. The molecule has 1 aromatic carbocycles. The molecule has 4 N–H and O–H groups in total. The fraction of sp³-hybridized carbons (Fsp3) is 0.222. The Kier molecular flexibility index (Phi) is 7.08. The van der Waals surface area contributed by atoms with Gasteiger partial charge >= 0.3 is 0 Å². The Morgan fingerprint density at radius 3 is 2.25 bits per heavy atom. The van der Waals surface area contributed by atoms with Crippen LogP contribution >= 0.6 is 0 Å². The summed E-state index contributed by atoms with van der Waals surface area (Å²) in [6, 6.07) is 8.76. The second-order valence-electron chi connectivity index (χ2n) is 2.62. The lowest BCUT2D eigenvalue weighted by molar-refractivity contribution is -0.544. The Hall–Kier alpha value is -2.15. The largest absolute Gasteiger partial charge is 0.394 e. The molecule has 88 valence electrons. The van der Waals surface area contributed by atoms with Crippen LogP contribution in [0.4, 0.5) is 0 Å². The van der Waals surface area contributed by atoms with Crippen molar-refractivity contribution in [2.24, 2.45) is 5.73 Å². The molecule has 1 amide bonds. The van der Waals surface area contributed by atoms with Crippen LogP contribution in [0, 0.1) is 10.1 Å². The van der Waals surface area contributed by atoms with Crippen molar-refractivity contribution in [3.8, 4) is 0 Å². The van der Waals surface area contributed by atoms with Gasteiger partial charge in [0.1, 0.15) is 0 Å². The van der Waals surface area contributed by atoms with Gasteiger partial charge in [0.15, 0.2) is 5.03 Å². The number of rotatable bonds is 4. The number of nitrogens with zero attached hydrogens (tertiary/aromatic N) is 1. The maximum Gasteiger partial charge on any atom is 0.248 e. The number of amides is 1. The summed E-state index contributed by atoms with van der Waals surface area (Å²) in [4.78, 5) is 19.8. The van der Waals surface area contributed by atoms with E-state index in [9.17, 15) is 14.9 Å². The van der Waals surface area contributed by atoms with Gasteiger partial charge in [-0.15, -0.1) is 5.43 Å². The van der Waals surface area contributed by atoms with E-state index in [-0.39, 0.29) is 19.1 Å². The standard InChI is InChI=1S/C7H7NO.C2H6N2O3/c8-7(9)6-4-2-1-3-5-6;5-2-1-3-4(6)7/h1-5H,(H2,8,9);3,5H,1-2H2. The van der Waals surface area contributed by atoms with E-state index in [1.807, 2.05) is 6.07 Å². The molecule has 0 saturated heterocycles. The van der Waals surface area contributed by atoms with E-state index in [4.69, 9.17) is 10.8 Å². The molecule has 0 aliphatic rings. The first-order chi connectivity index (χ1) is 7.57. The lowest BCUT2D eigenvalue weighted by Gasteiger charge is -1.89. The molecule has 1 rings (SSSR count). The maximum absolute atomic E-state index is 10.4. The fourth-order valence-electron chi connectivity index (χ4n) is 0.744. The molecule has 0 aromatic heterocycles. The number of nitrogens with one attached hydrogen (secondary N) is 1. The third-order valence-corrected chi connectivity index (χ3v) is 1.41. The lowest BCUT2D eigenvalue weighted by Crippen LogP contribution is -2.24. The zero-order valence-corrected chi connectivity index (χ0v) is 8.50. The van der Waals surface area contributed by atoms with Gasteiger partial charge in [0.05, 0.1) is 13.2 Å².